The van der Waals surface area contributed by atoms with Gasteiger partial charge in [0.1, 0.15) is 0 Å². The Morgan fingerprint density at radius 1 is 1.40 bits per heavy atom. The lowest BCUT2D eigenvalue weighted by Crippen LogP contribution is -2.58. The Labute approximate surface area is 54.6 Å². The Kier molecular flexibility index (Phi) is 1.31. The zero-order valence-corrected chi connectivity index (χ0v) is 4.78. The van der Waals surface area contributed by atoms with Crippen molar-refractivity contribution in [2.75, 3.05) is 6.54 Å². The summed E-state index contributed by atoms with van der Waals surface area (Å²) in [6, 6.07) is -0.879. The molecule has 1 heterocycles. The number of amides is 3. The highest BCUT2D eigenvalue weighted by atomic mass is 19.3. The van der Waals surface area contributed by atoms with Crippen molar-refractivity contribution in [1.82, 2.24) is 10.6 Å². The maximum Gasteiger partial charge on any atom is 0.341 e. The molecule has 0 aliphatic carbocycles. The Morgan fingerprint density at radius 3 is 2.40 bits per heavy atom. The molecule has 0 aromatic carbocycles. The molecule has 56 valence electrons. The molecule has 6 heteroatoms. The van der Waals surface area contributed by atoms with Gasteiger partial charge in [0, 0.05) is 0 Å². The molecule has 0 saturated carbocycles. The number of rotatable bonds is 0. The van der Waals surface area contributed by atoms with Crippen LogP contribution in [0.15, 0.2) is 0 Å². The van der Waals surface area contributed by atoms with E-state index in [-0.39, 0.29) is 0 Å². The van der Waals surface area contributed by atoms with Crippen LogP contribution in [-0.2, 0) is 4.79 Å². The summed E-state index contributed by atoms with van der Waals surface area (Å²) in [6.07, 6.45) is 0. The second-order valence-electron chi connectivity index (χ2n) is 1.84. The fourth-order valence-electron chi connectivity index (χ4n) is 0.510. The van der Waals surface area contributed by atoms with E-state index < -0.39 is 24.4 Å². The Morgan fingerprint density at radius 2 is 2.00 bits per heavy atom. The lowest BCUT2D eigenvalue weighted by molar-refractivity contribution is -0.145. The molecule has 1 rings (SSSR count). The van der Waals surface area contributed by atoms with E-state index in [1.54, 1.807) is 5.32 Å². The average molecular weight is 150 g/mol. The van der Waals surface area contributed by atoms with Crippen LogP contribution in [0, 0.1) is 0 Å². The molecule has 1 aliphatic heterocycles. The molecule has 1 fully saturated rings. The van der Waals surface area contributed by atoms with Crippen molar-refractivity contribution in [3.05, 3.63) is 0 Å². The van der Waals surface area contributed by atoms with Crippen LogP contribution in [0.3, 0.4) is 0 Å². The molecule has 0 bridgehead atoms. The Hall–Kier alpha value is -1.20. The minimum atomic E-state index is -3.46. The van der Waals surface area contributed by atoms with E-state index in [2.05, 4.69) is 0 Å². The number of alkyl halides is 2. The molecule has 0 atom stereocenters. The van der Waals surface area contributed by atoms with Crippen molar-refractivity contribution in [2.24, 2.45) is 0 Å². The van der Waals surface area contributed by atoms with E-state index in [0.29, 0.717) is 0 Å². The van der Waals surface area contributed by atoms with E-state index in [0.717, 1.165) is 0 Å². The zero-order chi connectivity index (χ0) is 7.78. The predicted octanol–water partition coefficient (Wildman–Crippen LogP) is -0.539. The molecular formula is C4H4F2N2O2. The van der Waals surface area contributed by atoms with Crippen molar-refractivity contribution < 1.29 is 18.4 Å². The first-order valence-electron chi connectivity index (χ1n) is 2.49. The number of hydrogen-bond donors (Lipinski definition) is 2. The highest BCUT2D eigenvalue weighted by Crippen LogP contribution is 2.13. The number of halogens is 2. The first kappa shape index (κ1) is 6.91. The molecule has 0 spiro atoms. The smallest absolute Gasteiger partial charge is 0.331 e. The van der Waals surface area contributed by atoms with E-state index in [1.165, 1.54) is 5.32 Å². The van der Waals surface area contributed by atoms with Crippen molar-refractivity contribution >= 4 is 11.9 Å². The van der Waals surface area contributed by atoms with Gasteiger partial charge in [-0.3, -0.25) is 10.1 Å². The molecule has 0 unspecified atom stereocenters. The minimum Gasteiger partial charge on any atom is -0.331 e. The van der Waals surface area contributed by atoms with Gasteiger partial charge < -0.3 is 5.32 Å². The summed E-state index contributed by atoms with van der Waals surface area (Å²) >= 11 is 0. The van der Waals surface area contributed by atoms with Gasteiger partial charge in [0.25, 0.3) is 5.91 Å². The monoisotopic (exact) mass is 150 g/mol. The molecular weight excluding hydrogens is 146 g/mol. The van der Waals surface area contributed by atoms with Crippen molar-refractivity contribution in [1.29, 1.82) is 0 Å². The zero-order valence-electron chi connectivity index (χ0n) is 4.78. The highest BCUT2D eigenvalue weighted by molar-refractivity contribution is 6.00. The van der Waals surface area contributed by atoms with Crippen LogP contribution >= 0.6 is 0 Å². The molecule has 0 aromatic heterocycles. The standard InChI is InChI=1S/C4H4F2N2O2/c5-4(6)1-7-3(10)8-2(4)9/h1H2,(H2,7,8,9,10). The van der Waals surface area contributed by atoms with Gasteiger partial charge >= 0.3 is 12.0 Å². The predicted molar refractivity (Wildman–Crippen MR) is 26.5 cm³/mol. The topological polar surface area (TPSA) is 58.2 Å². The quantitative estimate of drug-likeness (QED) is 0.487. The molecule has 0 radical (unpaired) electrons. The van der Waals surface area contributed by atoms with Gasteiger partial charge in [-0.1, -0.05) is 0 Å². The van der Waals surface area contributed by atoms with Gasteiger partial charge in [-0.25, -0.2) is 4.79 Å². The number of hydrogen-bond acceptors (Lipinski definition) is 2. The first-order valence-corrected chi connectivity index (χ1v) is 2.49. The van der Waals surface area contributed by atoms with Crippen molar-refractivity contribution in [3.8, 4) is 0 Å². The molecule has 1 saturated heterocycles. The second-order valence-corrected chi connectivity index (χ2v) is 1.84. The molecule has 0 aromatic rings. The van der Waals surface area contributed by atoms with E-state index >= 15 is 0 Å². The van der Waals surface area contributed by atoms with E-state index in [9.17, 15) is 18.4 Å². The Balaban J connectivity index is 2.70. The van der Waals surface area contributed by atoms with Crippen LogP contribution in [-0.4, -0.2) is 24.4 Å². The van der Waals surface area contributed by atoms with Gasteiger partial charge in [-0.05, 0) is 0 Å². The lowest BCUT2D eigenvalue weighted by atomic mass is 10.3. The van der Waals surface area contributed by atoms with Crippen molar-refractivity contribution in [3.63, 3.8) is 0 Å². The summed E-state index contributed by atoms with van der Waals surface area (Å²) < 4.78 is 24.3. The van der Waals surface area contributed by atoms with Crippen LogP contribution in [0.25, 0.3) is 0 Å². The third kappa shape index (κ3) is 1.04. The fraction of sp³-hybridized carbons (Fsp3) is 0.500. The summed E-state index contributed by atoms with van der Waals surface area (Å²) in [5.41, 5.74) is 0. The summed E-state index contributed by atoms with van der Waals surface area (Å²) in [5, 5.41) is 3.21. The minimum absolute atomic E-state index is 0.879. The van der Waals surface area contributed by atoms with Crippen LogP contribution in [0.2, 0.25) is 0 Å². The third-order valence-electron chi connectivity index (χ3n) is 1.03. The fourth-order valence-corrected chi connectivity index (χ4v) is 0.510. The van der Waals surface area contributed by atoms with Gasteiger partial charge in [0.2, 0.25) is 0 Å². The number of nitrogens with one attached hydrogen (secondary N) is 2. The first-order chi connectivity index (χ1) is 4.52. The summed E-state index contributed by atoms with van der Waals surface area (Å²) in [5.74, 6) is -5.01. The maximum absolute atomic E-state index is 12.1. The third-order valence-corrected chi connectivity index (χ3v) is 1.03. The highest BCUT2D eigenvalue weighted by Gasteiger charge is 2.43. The maximum atomic E-state index is 12.1. The number of urea groups is 1. The largest absolute Gasteiger partial charge is 0.341 e. The van der Waals surface area contributed by atoms with E-state index in [1.807, 2.05) is 0 Å². The normalized spacial score (nSPS) is 23.4. The number of imide groups is 1. The van der Waals surface area contributed by atoms with Crippen LogP contribution in [0.4, 0.5) is 13.6 Å². The summed E-state index contributed by atoms with van der Waals surface area (Å²) in [7, 11) is 0. The molecule has 1 aliphatic rings. The Bertz CT molecular complexity index is 192. The van der Waals surface area contributed by atoms with Crippen molar-refractivity contribution in [2.45, 2.75) is 5.92 Å². The molecule has 3 amide bonds. The van der Waals surface area contributed by atoms with Gasteiger partial charge in [0.05, 0.1) is 6.54 Å². The van der Waals surface area contributed by atoms with E-state index in [4.69, 9.17) is 0 Å². The molecule has 4 nitrogen and oxygen atoms in total. The van der Waals surface area contributed by atoms with Gasteiger partial charge in [-0.15, -0.1) is 0 Å². The molecule has 10 heavy (non-hydrogen) atoms. The summed E-state index contributed by atoms with van der Waals surface area (Å²) in [6.45, 7) is -0.919. The SMILES string of the molecule is O=C1NCC(F)(F)C(=O)N1. The van der Waals surface area contributed by atoms with Gasteiger partial charge in [-0.2, -0.15) is 8.78 Å². The summed E-state index contributed by atoms with van der Waals surface area (Å²) in [4.78, 5) is 20.4. The average Bonchev–Trinajstić information content (AvgIpc) is 1.81. The van der Waals surface area contributed by atoms with Crippen LogP contribution in [0.5, 0.6) is 0 Å². The van der Waals surface area contributed by atoms with Crippen LogP contribution < -0.4 is 10.6 Å². The van der Waals surface area contributed by atoms with Gasteiger partial charge in [0.15, 0.2) is 0 Å². The lowest BCUT2D eigenvalue weighted by Gasteiger charge is -2.20. The van der Waals surface area contributed by atoms with Crippen LogP contribution in [0.1, 0.15) is 0 Å². The number of carbonyl (C=O) groups excluding carboxylic acids is 2. The molecule has 2 N–H and O–H groups in total. The second kappa shape index (κ2) is 1.89. The number of carbonyl (C=O) groups is 2.